The average molecular weight is 258 g/mol. The van der Waals surface area contributed by atoms with Gasteiger partial charge in [0, 0.05) is 10.6 Å². The molecule has 94 valence electrons. The van der Waals surface area contributed by atoms with Crippen LogP contribution in [0.15, 0.2) is 59.5 Å². The van der Waals surface area contributed by atoms with Gasteiger partial charge in [0.15, 0.2) is 0 Å². The van der Waals surface area contributed by atoms with Crippen LogP contribution in [0.4, 0.5) is 0 Å². The summed E-state index contributed by atoms with van der Waals surface area (Å²) >= 11 is 1.78. The normalized spacial score (nSPS) is 12.3. The Balaban J connectivity index is 2.10. The second kappa shape index (κ2) is 6.62. The number of hydrogen-bond acceptors (Lipinski definition) is 2. The van der Waals surface area contributed by atoms with Gasteiger partial charge in [0.1, 0.15) is 0 Å². The first-order valence-electron chi connectivity index (χ1n) is 6.25. The molecule has 0 saturated carbocycles. The highest BCUT2D eigenvalue weighted by atomic mass is 32.2. The van der Waals surface area contributed by atoms with Gasteiger partial charge >= 0.3 is 0 Å². The van der Waals surface area contributed by atoms with E-state index in [9.17, 15) is 5.11 Å². The number of hydrogen-bond donors (Lipinski definition) is 1. The molecule has 2 rings (SSSR count). The Labute approximate surface area is 113 Å². The third kappa shape index (κ3) is 3.37. The third-order valence-electron chi connectivity index (χ3n) is 2.90. The highest BCUT2D eigenvalue weighted by Crippen LogP contribution is 2.31. The number of thioether (sulfide) groups is 1. The maximum Gasteiger partial charge on any atom is 0.0798 e. The van der Waals surface area contributed by atoms with Crippen LogP contribution in [-0.4, -0.2) is 5.11 Å². The molecule has 1 atom stereocenters. The summed E-state index contributed by atoms with van der Waals surface area (Å²) in [7, 11) is 0. The Kier molecular flexibility index (Phi) is 4.85. The van der Waals surface area contributed by atoms with Gasteiger partial charge in [0.05, 0.1) is 6.10 Å². The zero-order valence-corrected chi connectivity index (χ0v) is 11.4. The Morgan fingerprint density at radius 2 is 1.67 bits per heavy atom. The molecule has 1 N–H and O–H groups in total. The van der Waals surface area contributed by atoms with Crippen LogP contribution in [0.5, 0.6) is 0 Å². The number of aliphatic hydroxyl groups is 1. The van der Waals surface area contributed by atoms with Gasteiger partial charge < -0.3 is 5.11 Å². The fourth-order valence-corrected chi connectivity index (χ4v) is 2.90. The van der Waals surface area contributed by atoms with E-state index in [4.69, 9.17) is 0 Å². The smallest absolute Gasteiger partial charge is 0.0798 e. The quantitative estimate of drug-likeness (QED) is 0.801. The lowest BCUT2D eigenvalue weighted by Gasteiger charge is -2.13. The zero-order chi connectivity index (χ0) is 12.8. The van der Waals surface area contributed by atoms with E-state index in [-0.39, 0.29) is 6.10 Å². The van der Waals surface area contributed by atoms with Gasteiger partial charge in [-0.25, -0.2) is 0 Å². The standard InChI is InChI=1S/C16H18OS/c1-2-15(17)14-10-6-7-11-16(14)18-12-13-8-4-3-5-9-13/h3-11,15,17H,2,12H2,1H3. The van der Waals surface area contributed by atoms with Crippen LogP contribution in [-0.2, 0) is 5.75 Å². The topological polar surface area (TPSA) is 20.2 Å². The predicted molar refractivity (Wildman–Crippen MR) is 77.7 cm³/mol. The molecular weight excluding hydrogens is 240 g/mol. The van der Waals surface area contributed by atoms with Gasteiger partial charge in [-0.15, -0.1) is 11.8 Å². The van der Waals surface area contributed by atoms with Crippen molar-refractivity contribution in [3.8, 4) is 0 Å². The molecule has 2 aromatic rings. The van der Waals surface area contributed by atoms with Crippen LogP contribution < -0.4 is 0 Å². The summed E-state index contributed by atoms with van der Waals surface area (Å²) in [5.74, 6) is 0.939. The Hall–Kier alpha value is -1.25. The molecule has 0 aliphatic carbocycles. The van der Waals surface area contributed by atoms with Gasteiger partial charge in [0.2, 0.25) is 0 Å². The second-order valence-electron chi connectivity index (χ2n) is 4.24. The Bertz CT molecular complexity index is 481. The van der Waals surface area contributed by atoms with E-state index in [1.54, 1.807) is 11.8 Å². The summed E-state index contributed by atoms with van der Waals surface area (Å²) in [5.41, 5.74) is 2.35. The summed E-state index contributed by atoms with van der Waals surface area (Å²) in [6, 6.07) is 18.5. The molecule has 0 heterocycles. The number of aliphatic hydroxyl groups excluding tert-OH is 1. The molecule has 0 aliphatic rings. The number of rotatable bonds is 5. The predicted octanol–water partition coefficient (Wildman–Crippen LogP) is 4.42. The molecule has 2 aromatic carbocycles. The lowest BCUT2D eigenvalue weighted by molar-refractivity contribution is 0.171. The van der Waals surface area contributed by atoms with E-state index >= 15 is 0 Å². The van der Waals surface area contributed by atoms with Crippen LogP contribution >= 0.6 is 11.8 Å². The Morgan fingerprint density at radius 3 is 2.39 bits per heavy atom. The van der Waals surface area contributed by atoms with Crippen LogP contribution in [0.1, 0.15) is 30.6 Å². The summed E-state index contributed by atoms with van der Waals surface area (Å²) in [5, 5.41) is 9.99. The zero-order valence-electron chi connectivity index (χ0n) is 10.5. The van der Waals surface area contributed by atoms with Crippen LogP contribution in [0.3, 0.4) is 0 Å². The minimum absolute atomic E-state index is 0.357. The van der Waals surface area contributed by atoms with Crippen LogP contribution in [0.25, 0.3) is 0 Å². The molecule has 0 bridgehead atoms. The summed E-state index contributed by atoms with van der Waals surface area (Å²) in [6.07, 6.45) is 0.396. The molecule has 1 nitrogen and oxygen atoms in total. The first-order chi connectivity index (χ1) is 8.81. The van der Waals surface area contributed by atoms with Crippen molar-refractivity contribution in [1.82, 2.24) is 0 Å². The fraction of sp³-hybridized carbons (Fsp3) is 0.250. The minimum Gasteiger partial charge on any atom is -0.388 e. The van der Waals surface area contributed by atoms with E-state index in [0.717, 1.165) is 17.7 Å². The van der Waals surface area contributed by atoms with Crippen molar-refractivity contribution in [2.24, 2.45) is 0 Å². The van der Waals surface area contributed by atoms with Crippen molar-refractivity contribution >= 4 is 11.8 Å². The summed E-state index contributed by atoms with van der Waals surface area (Å²) in [6.45, 7) is 2.00. The van der Waals surface area contributed by atoms with Crippen molar-refractivity contribution < 1.29 is 5.11 Å². The molecular formula is C16H18OS. The van der Waals surface area contributed by atoms with E-state index < -0.39 is 0 Å². The van der Waals surface area contributed by atoms with Crippen LogP contribution in [0.2, 0.25) is 0 Å². The average Bonchev–Trinajstić information content (AvgIpc) is 2.45. The van der Waals surface area contributed by atoms with Crippen molar-refractivity contribution in [3.05, 3.63) is 65.7 Å². The number of benzene rings is 2. The van der Waals surface area contributed by atoms with Crippen molar-refractivity contribution in [1.29, 1.82) is 0 Å². The van der Waals surface area contributed by atoms with E-state index in [2.05, 4.69) is 30.3 Å². The molecule has 0 saturated heterocycles. The first-order valence-corrected chi connectivity index (χ1v) is 7.23. The molecule has 0 fully saturated rings. The van der Waals surface area contributed by atoms with Gasteiger partial charge in [-0.3, -0.25) is 0 Å². The molecule has 0 aliphatic heterocycles. The molecule has 18 heavy (non-hydrogen) atoms. The lowest BCUT2D eigenvalue weighted by Crippen LogP contribution is -1.97. The molecule has 1 unspecified atom stereocenters. The van der Waals surface area contributed by atoms with E-state index in [0.29, 0.717) is 0 Å². The first kappa shape index (κ1) is 13.2. The van der Waals surface area contributed by atoms with Crippen molar-refractivity contribution in [2.75, 3.05) is 0 Å². The Morgan fingerprint density at radius 1 is 1.00 bits per heavy atom. The maximum absolute atomic E-state index is 9.99. The van der Waals surface area contributed by atoms with E-state index in [1.807, 2.05) is 31.2 Å². The molecule has 0 spiro atoms. The highest BCUT2D eigenvalue weighted by Gasteiger charge is 2.10. The molecule has 0 amide bonds. The van der Waals surface area contributed by atoms with Gasteiger partial charge in [-0.1, -0.05) is 55.5 Å². The largest absolute Gasteiger partial charge is 0.388 e. The van der Waals surface area contributed by atoms with E-state index in [1.165, 1.54) is 10.5 Å². The summed E-state index contributed by atoms with van der Waals surface area (Å²) in [4.78, 5) is 1.18. The maximum atomic E-state index is 9.99. The van der Waals surface area contributed by atoms with Crippen molar-refractivity contribution in [3.63, 3.8) is 0 Å². The highest BCUT2D eigenvalue weighted by molar-refractivity contribution is 7.98. The molecule has 2 heteroatoms. The van der Waals surface area contributed by atoms with Gasteiger partial charge in [-0.2, -0.15) is 0 Å². The summed E-state index contributed by atoms with van der Waals surface area (Å²) < 4.78 is 0. The van der Waals surface area contributed by atoms with Gasteiger partial charge in [-0.05, 0) is 23.6 Å². The molecule has 0 radical (unpaired) electrons. The SMILES string of the molecule is CCC(O)c1ccccc1SCc1ccccc1. The fourth-order valence-electron chi connectivity index (χ4n) is 1.84. The van der Waals surface area contributed by atoms with Gasteiger partial charge in [0.25, 0.3) is 0 Å². The second-order valence-corrected chi connectivity index (χ2v) is 5.25. The third-order valence-corrected chi connectivity index (χ3v) is 4.06. The molecule has 0 aromatic heterocycles. The lowest BCUT2D eigenvalue weighted by atomic mass is 10.1. The van der Waals surface area contributed by atoms with Crippen LogP contribution in [0, 0.1) is 0 Å². The van der Waals surface area contributed by atoms with Crippen molar-refractivity contribution in [2.45, 2.75) is 30.1 Å². The minimum atomic E-state index is -0.357. The monoisotopic (exact) mass is 258 g/mol.